The van der Waals surface area contributed by atoms with E-state index in [9.17, 15) is 14.7 Å². The number of benzene rings is 1. The van der Waals surface area contributed by atoms with Gasteiger partial charge in [0.2, 0.25) is 5.91 Å². The number of halogens is 2. The van der Waals surface area contributed by atoms with Crippen molar-refractivity contribution in [1.82, 2.24) is 9.80 Å². The van der Waals surface area contributed by atoms with Crippen LogP contribution in [0, 0.1) is 17.8 Å². The zero-order chi connectivity index (χ0) is 18.4. The van der Waals surface area contributed by atoms with Crippen molar-refractivity contribution in [2.75, 3.05) is 26.2 Å². The normalized spacial score (nSPS) is 30.3. The number of carbonyl (C=O) groups excluding carboxylic acids is 2. The first-order valence-corrected chi connectivity index (χ1v) is 9.92. The molecule has 1 aromatic rings. The molecule has 2 amide bonds. The minimum atomic E-state index is -0.0619. The summed E-state index contributed by atoms with van der Waals surface area (Å²) in [6.45, 7) is 2.00. The van der Waals surface area contributed by atoms with Gasteiger partial charge in [0.15, 0.2) is 0 Å². The van der Waals surface area contributed by atoms with Crippen LogP contribution < -0.4 is 0 Å². The summed E-state index contributed by atoms with van der Waals surface area (Å²) in [4.78, 5) is 29.2. The van der Waals surface area contributed by atoms with E-state index < -0.39 is 0 Å². The number of rotatable bonds is 3. The fourth-order valence-corrected chi connectivity index (χ4v) is 4.84. The Bertz CT molecular complexity index is 729. The zero-order valence-electron chi connectivity index (χ0n) is 14.4. The molecular weight excluding hydrogens is 375 g/mol. The van der Waals surface area contributed by atoms with Crippen molar-refractivity contribution in [2.24, 2.45) is 17.8 Å². The quantitative estimate of drug-likeness (QED) is 0.853. The number of amides is 2. The Morgan fingerprint density at radius 3 is 2.50 bits per heavy atom. The molecule has 7 heteroatoms. The molecule has 0 bridgehead atoms. The van der Waals surface area contributed by atoms with Crippen LogP contribution in [0.15, 0.2) is 18.2 Å². The Hall–Kier alpha value is -1.30. The smallest absolute Gasteiger partial charge is 0.253 e. The number of hydrogen-bond donors (Lipinski definition) is 1. The van der Waals surface area contributed by atoms with Crippen LogP contribution in [0.4, 0.5) is 0 Å². The highest BCUT2D eigenvalue weighted by atomic mass is 35.5. The molecule has 0 spiro atoms. The first kappa shape index (κ1) is 18.1. The van der Waals surface area contributed by atoms with E-state index in [0.29, 0.717) is 28.7 Å². The van der Waals surface area contributed by atoms with Gasteiger partial charge in [-0.25, -0.2) is 0 Å². The molecule has 0 unspecified atom stereocenters. The maximum atomic E-state index is 12.9. The van der Waals surface area contributed by atoms with E-state index in [2.05, 4.69) is 0 Å². The molecule has 2 saturated heterocycles. The third kappa shape index (κ3) is 3.10. The van der Waals surface area contributed by atoms with E-state index >= 15 is 0 Å². The van der Waals surface area contributed by atoms with Crippen molar-refractivity contribution in [2.45, 2.75) is 25.3 Å². The lowest BCUT2D eigenvalue weighted by atomic mass is 10.0. The van der Waals surface area contributed by atoms with Crippen LogP contribution in [0.25, 0.3) is 0 Å². The molecule has 1 N–H and O–H groups in total. The summed E-state index contributed by atoms with van der Waals surface area (Å²) in [5, 5.41) is 10.3. The Kier molecular flexibility index (Phi) is 4.88. The van der Waals surface area contributed by atoms with Crippen molar-refractivity contribution in [3.05, 3.63) is 33.8 Å². The molecule has 0 aromatic heterocycles. The number of aliphatic hydroxyl groups excluding tert-OH is 1. The summed E-state index contributed by atoms with van der Waals surface area (Å²) >= 11 is 11.9. The Balaban J connectivity index is 1.38. The first-order valence-electron chi connectivity index (χ1n) is 9.17. The zero-order valence-corrected chi connectivity index (χ0v) is 15.9. The van der Waals surface area contributed by atoms with Crippen molar-refractivity contribution < 1.29 is 14.7 Å². The maximum absolute atomic E-state index is 12.9. The van der Waals surface area contributed by atoms with Crippen molar-refractivity contribution >= 4 is 35.0 Å². The van der Waals surface area contributed by atoms with Crippen molar-refractivity contribution in [3.63, 3.8) is 0 Å². The molecule has 2 heterocycles. The van der Waals surface area contributed by atoms with E-state index in [1.165, 1.54) is 0 Å². The van der Waals surface area contributed by atoms with E-state index in [4.69, 9.17) is 23.2 Å². The number of likely N-dealkylation sites (tertiary alicyclic amines) is 2. The summed E-state index contributed by atoms with van der Waals surface area (Å²) in [7, 11) is 0. The predicted octanol–water partition coefficient (Wildman–Crippen LogP) is 2.68. The largest absolute Gasteiger partial charge is 0.394 e. The number of hydrogen-bond acceptors (Lipinski definition) is 3. The maximum Gasteiger partial charge on any atom is 0.253 e. The Labute approximate surface area is 162 Å². The number of piperidine rings is 2. The summed E-state index contributed by atoms with van der Waals surface area (Å²) in [5.74, 6) is 0.611. The fourth-order valence-electron chi connectivity index (χ4n) is 4.54. The molecule has 5 nitrogen and oxygen atoms in total. The van der Waals surface area contributed by atoms with Crippen molar-refractivity contribution in [1.29, 1.82) is 0 Å². The third-order valence-electron chi connectivity index (χ3n) is 6.05. The van der Waals surface area contributed by atoms with Gasteiger partial charge >= 0.3 is 0 Å². The monoisotopic (exact) mass is 396 g/mol. The van der Waals surface area contributed by atoms with Gasteiger partial charge in [-0.15, -0.1) is 0 Å². The van der Waals surface area contributed by atoms with Gasteiger partial charge in [0.1, 0.15) is 0 Å². The second kappa shape index (κ2) is 7.02. The summed E-state index contributed by atoms with van der Waals surface area (Å²) in [6.07, 6.45) is 2.96. The number of fused-ring (bicyclic) bond motifs is 1. The lowest BCUT2D eigenvalue weighted by Gasteiger charge is -2.35. The van der Waals surface area contributed by atoms with Crippen LogP contribution in [-0.2, 0) is 4.79 Å². The van der Waals surface area contributed by atoms with Gasteiger partial charge in [-0.05, 0) is 49.3 Å². The van der Waals surface area contributed by atoms with Gasteiger partial charge in [0.05, 0.1) is 22.7 Å². The van der Waals surface area contributed by atoms with Crippen LogP contribution >= 0.6 is 23.2 Å². The summed E-state index contributed by atoms with van der Waals surface area (Å²) < 4.78 is 0. The number of carbonyl (C=O) groups is 2. The fraction of sp³-hybridized carbons (Fsp3) is 0.579. The minimum Gasteiger partial charge on any atom is -0.394 e. The molecule has 1 aliphatic carbocycles. The van der Waals surface area contributed by atoms with Gasteiger partial charge < -0.3 is 14.9 Å². The Morgan fingerprint density at radius 1 is 1.12 bits per heavy atom. The number of nitrogens with zero attached hydrogens (tertiary/aromatic N) is 2. The summed E-state index contributed by atoms with van der Waals surface area (Å²) in [6, 6.07) is 4.87. The van der Waals surface area contributed by atoms with Gasteiger partial charge in [0.25, 0.3) is 5.91 Å². The highest BCUT2D eigenvalue weighted by molar-refractivity contribution is 6.42. The predicted molar refractivity (Wildman–Crippen MR) is 99.3 cm³/mol. The average molecular weight is 397 g/mol. The standard InChI is InChI=1S/C19H22Cl2N2O3/c20-15-5-4-11(7-16(15)21)18(25)22-8-13-14(9-22)17(13)19(26)23-6-2-1-3-12(23)10-24/h4-5,7,12-14,17,24H,1-3,6,8-10H2/t12-,13+,14+/m0/s1. The van der Waals surface area contributed by atoms with E-state index in [1.54, 1.807) is 23.1 Å². The molecule has 26 heavy (non-hydrogen) atoms. The highest BCUT2D eigenvalue weighted by Gasteiger charge is 2.61. The molecule has 1 aromatic carbocycles. The lowest BCUT2D eigenvalue weighted by Crippen LogP contribution is -2.47. The van der Waals surface area contributed by atoms with Gasteiger partial charge in [-0.3, -0.25) is 9.59 Å². The lowest BCUT2D eigenvalue weighted by molar-refractivity contribution is -0.138. The molecule has 0 radical (unpaired) electrons. The average Bonchev–Trinajstić information content (AvgIpc) is 3.15. The van der Waals surface area contributed by atoms with Crippen LogP contribution in [0.1, 0.15) is 29.6 Å². The summed E-state index contributed by atoms with van der Waals surface area (Å²) in [5.41, 5.74) is 0.528. The Morgan fingerprint density at radius 2 is 1.85 bits per heavy atom. The molecule has 140 valence electrons. The highest BCUT2D eigenvalue weighted by Crippen LogP contribution is 2.53. The molecular formula is C19H22Cl2N2O3. The van der Waals surface area contributed by atoms with E-state index in [0.717, 1.165) is 25.8 Å². The molecule has 3 fully saturated rings. The topological polar surface area (TPSA) is 60.9 Å². The van der Waals surface area contributed by atoms with Crippen LogP contribution in [-0.4, -0.2) is 59.0 Å². The molecule has 1 saturated carbocycles. The second-order valence-corrected chi connectivity index (χ2v) is 8.37. The first-order chi connectivity index (χ1) is 12.5. The van der Waals surface area contributed by atoms with Crippen LogP contribution in [0.3, 0.4) is 0 Å². The van der Waals surface area contributed by atoms with Gasteiger partial charge in [-0.1, -0.05) is 23.2 Å². The number of aliphatic hydroxyl groups is 1. The third-order valence-corrected chi connectivity index (χ3v) is 6.79. The van der Waals surface area contributed by atoms with Crippen LogP contribution in [0.2, 0.25) is 10.0 Å². The molecule has 2 aliphatic heterocycles. The van der Waals surface area contributed by atoms with E-state index in [1.807, 2.05) is 4.90 Å². The molecule has 3 atom stereocenters. The van der Waals surface area contributed by atoms with Crippen LogP contribution in [0.5, 0.6) is 0 Å². The van der Waals surface area contributed by atoms with Crippen molar-refractivity contribution in [3.8, 4) is 0 Å². The van der Waals surface area contributed by atoms with E-state index in [-0.39, 0.29) is 42.2 Å². The SMILES string of the molecule is O=C(c1ccc(Cl)c(Cl)c1)N1C[C@H]2C(C(=O)N3CCCC[C@H]3CO)[C@@H]2C1. The van der Waals surface area contributed by atoms with Gasteiger partial charge in [0, 0.05) is 31.1 Å². The molecule has 4 rings (SSSR count). The van der Waals surface area contributed by atoms with Gasteiger partial charge in [-0.2, -0.15) is 0 Å². The minimum absolute atomic E-state index is 0.0139. The second-order valence-electron chi connectivity index (χ2n) is 7.56. The molecule has 3 aliphatic rings.